The lowest BCUT2D eigenvalue weighted by molar-refractivity contribution is 0.0842. The molecule has 1 unspecified atom stereocenters. The maximum atomic E-state index is 10.1. The minimum atomic E-state index is 0.0404. The Hall–Kier alpha value is -0.0400. The summed E-state index contributed by atoms with van der Waals surface area (Å²) in [4.78, 5) is 0. The Labute approximate surface area is 86.9 Å². The molecule has 0 aliphatic heterocycles. The molecule has 0 aromatic rings. The molecule has 4 atom stereocenters. The van der Waals surface area contributed by atoms with Gasteiger partial charge in [-0.2, -0.15) is 0 Å². The second-order valence-electron chi connectivity index (χ2n) is 6.78. The van der Waals surface area contributed by atoms with E-state index in [1.807, 2.05) is 0 Å². The molecule has 3 aliphatic carbocycles. The van der Waals surface area contributed by atoms with E-state index < -0.39 is 0 Å². The van der Waals surface area contributed by atoms with Crippen LogP contribution in [0.5, 0.6) is 0 Å². The fourth-order valence-corrected chi connectivity index (χ4v) is 5.18. The Balaban J connectivity index is 1.96. The van der Waals surface area contributed by atoms with Crippen molar-refractivity contribution in [3.05, 3.63) is 0 Å². The van der Waals surface area contributed by atoms with Gasteiger partial charge in [-0.3, -0.25) is 0 Å². The molecule has 3 fully saturated rings. The van der Waals surface area contributed by atoms with Gasteiger partial charge in [0, 0.05) is 0 Å². The average molecular weight is 194 g/mol. The van der Waals surface area contributed by atoms with Gasteiger partial charge < -0.3 is 5.11 Å². The molecule has 0 aromatic carbocycles. The van der Waals surface area contributed by atoms with Crippen LogP contribution in [0.2, 0.25) is 0 Å². The van der Waals surface area contributed by atoms with Gasteiger partial charge in [-0.05, 0) is 54.8 Å². The number of rotatable bonds is 0. The molecule has 0 amide bonds. The minimum absolute atomic E-state index is 0.0404. The fraction of sp³-hybridized carbons (Fsp3) is 1.00. The SMILES string of the molecule is CC1(C)C[C@H]2CC(O)[C@@H]3CCC[C@]23C1. The van der Waals surface area contributed by atoms with Gasteiger partial charge in [0.2, 0.25) is 0 Å². The molecular weight excluding hydrogens is 172 g/mol. The van der Waals surface area contributed by atoms with Gasteiger partial charge in [-0.15, -0.1) is 0 Å². The smallest absolute Gasteiger partial charge is 0.0576 e. The molecule has 3 aliphatic rings. The Bertz CT molecular complexity index is 258. The van der Waals surface area contributed by atoms with Crippen LogP contribution in [0, 0.1) is 22.7 Å². The first kappa shape index (κ1) is 9.21. The fourth-order valence-electron chi connectivity index (χ4n) is 5.18. The van der Waals surface area contributed by atoms with E-state index in [1.54, 1.807) is 0 Å². The predicted molar refractivity (Wildman–Crippen MR) is 56.9 cm³/mol. The topological polar surface area (TPSA) is 20.2 Å². The molecule has 3 saturated carbocycles. The molecule has 1 heteroatoms. The van der Waals surface area contributed by atoms with Crippen LogP contribution >= 0.6 is 0 Å². The molecule has 1 spiro atoms. The van der Waals surface area contributed by atoms with Crippen LogP contribution in [0.4, 0.5) is 0 Å². The molecule has 0 radical (unpaired) electrons. The summed E-state index contributed by atoms with van der Waals surface area (Å²) < 4.78 is 0. The van der Waals surface area contributed by atoms with Gasteiger partial charge in [0.25, 0.3) is 0 Å². The molecule has 0 aromatic heterocycles. The lowest BCUT2D eigenvalue weighted by Gasteiger charge is -2.31. The first-order valence-corrected chi connectivity index (χ1v) is 6.22. The van der Waals surface area contributed by atoms with Crippen LogP contribution in [0.3, 0.4) is 0 Å². The minimum Gasteiger partial charge on any atom is -0.393 e. The standard InChI is InChI=1S/C13H22O/c1-12(2)7-9-6-11(14)10-4-3-5-13(9,10)8-12/h9-11,14H,3-8H2,1-2H3/t9-,10+,11?,13+/m1/s1. The molecule has 0 heterocycles. The van der Waals surface area contributed by atoms with Gasteiger partial charge in [0.15, 0.2) is 0 Å². The summed E-state index contributed by atoms with van der Waals surface area (Å²) in [7, 11) is 0. The van der Waals surface area contributed by atoms with Crippen LogP contribution in [0.15, 0.2) is 0 Å². The van der Waals surface area contributed by atoms with Gasteiger partial charge in [-0.1, -0.05) is 20.3 Å². The van der Waals surface area contributed by atoms with Gasteiger partial charge in [-0.25, -0.2) is 0 Å². The number of aliphatic hydroxyl groups is 1. The summed E-state index contributed by atoms with van der Waals surface area (Å²) in [5.41, 5.74) is 1.12. The Morgan fingerprint density at radius 1 is 1.29 bits per heavy atom. The Morgan fingerprint density at radius 3 is 2.86 bits per heavy atom. The number of hydrogen-bond acceptors (Lipinski definition) is 1. The van der Waals surface area contributed by atoms with Gasteiger partial charge >= 0.3 is 0 Å². The third-order valence-electron chi connectivity index (χ3n) is 5.31. The molecule has 1 nitrogen and oxygen atoms in total. The van der Waals surface area contributed by atoms with E-state index in [2.05, 4.69) is 13.8 Å². The third kappa shape index (κ3) is 0.997. The summed E-state index contributed by atoms with van der Waals surface area (Å²) in [5.74, 6) is 1.51. The van der Waals surface area contributed by atoms with Crippen molar-refractivity contribution in [1.29, 1.82) is 0 Å². The summed E-state index contributed by atoms with van der Waals surface area (Å²) in [6, 6.07) is 0. The lowest BCUT2D eigenvalue weighted by Crippen LogP contribution is -2.27. The van der Waals surface area contributed by atoms with E-state index in [1.165, 1.54) is 32.1 Å². The molecule has 1 N–H and O–H groups in total. The van der Waals surface area contributed by atoms with Crippen LogP contribution in [-0.2, 0) is 0 Å². The molecule has 80 valence electrons. The van der Waals surface area contributed by atoms with Crippen molar-refractivity contribution < 1.29 is 5.11 Å². The maximum absolute atomic E-state index is 10.1. The summed E-state index contributed by atoms with van der Waals surface area (Å²) in [6.45, 7) is 4.84. The van der Waals surface area contributed by atoms with Gasteiger partial charge in [0.05, 0.1) is 6.10 Å². The zero-order valence-electron chi connectivity index (χ0n) is 9.42. The number of hydrogen-bond donors (Lipinski definition) is 1. The van der Waals surface area contributed by atoms with Crippen molar-refractivity contribution in [3.8, 4) is 0 Å². The first-order chi connectivity index (χ1) is 6.54. The van der Waals surface area contributed by atoms with E-state index in [0.29, 0.717) is 16.7 Å². The van der Waals surface area contributed by atoms with Crippen LogP contribution in [0.25, 0.3) is 0 Å². The Kier molecular flexibility index (Phi) is 1.68. The van der Waals surface area contributed by atoms with E-state index in [4.69, 9.17) is 0 Å². The third-order valence-corrected chi connectivity index (χ3v) is 5.31. The van der Waals surface area contributed by atoms with E-state index in [0.717, 1.165) is 12.3 Å². The van der Waals surface area contributed by atoms with Crippen molar-refractivity contribution in [3.63, 3.8) is 0 Å². The van der Waals surface area contributed by atoms with E-state index >= 15 is 0 Å². The Morgan fingerprint density at radius 2 is 2.07 bits per heavy atom. The zero-order valence-corrected chi connectivity index (χ0v) is 9.42. The highest BCUT2D eigenvalue weighted by molar-refractivity contribution is 5.11. The predicted octanol–water partition coefficient (Wildman–Crippen LogP) is 2.97. The van der Waals surface area contributed by atoms with E-state index in [9.17, 15) is 5.11 Å². The molecule has 0 bridgehead atoms. The second kappa shape index (κ2) is 2.55. The van der Waals surface area contributed by atoms with E-state index in [-0.39, 0.29) is 6.10 Å². The zero-order chi connectivity index (χ0) is 9.97. The highest BCUT2D eigenvalue weighted by Crippen LogP contribution is 2.68. The molecule has 0 saturated heterocycles. The summed E-state index contributed by atoms with van der Waals surface area (Å²) >= 11 is 0. The van der Waals surface area contributed by atoms with Crippen LogP contribution in [0.1, 0.15) is 52.4 Å². The monoisotopic (exact) mass is 194 g/mol. The van der Waals surface area contributed by atoms with Crippen molar-refractivity contribution >= 4 is 0 Å². The van der Waals surface area contributed by atoms with Crippen molar-refractivity contribution in [2.75, 3.05) is 0 Å². The largest absolute Gasteiger partial charge is 0.393 e. The normalized spacial score (nSPS) is 54.6. The van der Waals surface area contributed by atoms with Crippen molar-refractivity contribution in [2.24, 2.45) is 22.7 Å². The average Bonchev–Trinajstić information content (AvgIpc) is 2.60. The van der Waals surface area contributed by atoms with Crippen LogP contribution < -0.4 is 0 Å². The van der Waals surface area contributed by atoms with Crippen molar-refractivity contribution in [2.45, 2.75) is 58.5 Å². The second-order valence-corrected chi connectivity index (χ2v) is 6.78. The summed E-state index contributed by atoms with van der Waals surface area (Å²) in [6.07, 6.45) is 7.96. The van der Waals surface area contributed by atoms with Crippen LogP contribution in [-0.4, -0.2) is 11.2 Å². The lowest BCUT2D eigenvalue weighted by atomic mass is 9.74. The highest BCUT2D eigenvalue weighted by Gasteiger charge is 2.62. The number of aliphatic hydroxyl groups excluding tert-OH is 1. The first-order valence-electron chi connectivity index (χ1n) is 6.22. The maximum Gasteiger partial charge on any atom is 0.0576 e. The van der Waals surface area contributed by atoms with Gasteiger partial charge in [0.1, 0.15) is 0 Å². The summed E-state index contributed by atoms with van der Waals surface area (Å²) in [5, 5.41) is 10.1. The molecule has 14 heavy (non-hydrogen) atoms. The quantitative estimate of drug-likeness (QED) is 0.628. The van der Waals surface area contributed by atoms with Crippen molar-refractivity contribution in [1.82, 2.24) is 0 Å². The molecular formula is C13H22O. The highest BCUT2D eigenvalue weighted by atomic mass is 16.3. The molecule has 3 rings (SSSR count).